The summed E-state index contributed by atoms with van der Waals surface area (Å²) in [5, 5.41) is 11.0. The lowest BCUT2D eigenvalue weighted by Gasteiger charge is -2.10. The molecule has 0 atom stereocenters. The van der Waals surface area contributed by atoms with E-state index in [4.69, 9.17) is 4.42 Å². The largest absolute Gasteiger partial charge is 0.467 e. The number of carbonyl (C=O) groups excluding carboxylic acids is 2. The number of nitrogens with one attached hydrogen (secondary N) is 2. The molecule has 2 N–H and O–H groups in total. The van der Waals surface area contributed by atoms with E-state index in [0.29, 0.717) is 21.9 Å². The summed E-state index contributed by atoms with van der Waals surface area (Å²) in [7, 11) is 1.85. The average molecular weight is 394 g/mol. The third-order valence-electron chi connectivity index (χ3n) is 4.34. The van der Waals surface area contributed by atoms with Gasteiger partial charge in [-0.2, -0.15) is 5.10 Å². The van der Waals surface area contributed by atoms with Crippen molar-refractivity contribution in [2.45, 2.75) is 13.5 Å². The van der Waals surface area contributed by atoms with Crippen LogP contribution in [0.3, 0.4) is 0 Å². The second-order valence-corrected chi connectivity index (χ2v) is 7.33. The van der Waals surface area contributed by atoms with Gasteiger partial charge in [0.2, 0.25) is 0 Å². The SMILES string of the molecule is Cc1nn(C)c2sc(C(=O)Nc3ccccc3C(=O)NCc3ccco3)cc12. The lowest BCUT2D eigenvalue weighted by Crippen LogP contribution is -2.24. The summed E-state index contributed by atoms with van der Waals surface area (Å²) in [6, 6.07) is 12.3. The van der Waals surface area contributed by atoms with Crippen LogP contribution in [0.25, 0.3) is 10.2 Å². The number of thiophene rings is 1. The highest BCUT2D eigenvalue weighted by Gasteiger charge is 2.18. The summed E-state index contributed by atoms with van der Waals surface area (Å²) < 4.78 is 6.99. The van der Waals surface area contributed by atoms with Crippen LogP contribution in [-0.2, 0) is 13.6 Å². The summed E-state index contributed by atoms with van der Waals surface area (Å²) in [4.78, 5) is 26.8. The Morgan fingerprint density at radius 2 is 2.00 bits per heavy atom. The van der Waals surface area contributed by atoms with E-state index in [1.807, 2.05) is 20.0 Å². The molecule has 0 saturated carbocycles. The minimum atomic E-state index is -0.288. The maximum absolute atomic E-state index is 12.7. The Bertz CT molecular complexity index is 1120. The number of hydrogen-bond donors (Lipinski definition) is 2. The molecule has 0 spiro atoms. The van der Waals surface area contributed by atoms with Crippen molar-refractivity contribution in [1.82, 2.24) is 15.1 Å². The van der Waals surface area contributed by atoms with E-state index >= 15 is 0 Å². The van der Waals surface area contributed by atoms with Gasteiger partial charge in [-0.1, -0.05) is 12.1 Å². The van der Waals surface area contributed by atoms with E-state index < -0.39 is 0 Å². The third kappa shape index (κ3) is 3.41. The first kappa shape index (κ1) is 18.0. The number of para-hydroxylation sites is 1. The smallest absolute Gasteiger partial charge is 0.265 e. The number of aromatic nitrogens is 2. The minimum absolute atomic E-state index is 0.258. The van der Waals surface area contributed by atoms with Crippen molar-refractivity contribution in [3.05, 3.63) is 70.6 Å². The van der Waals surface area contributed by atoms with Crippen molar-refractivity contribution in [3.8, 4) is 0 Å². The van der Waals surface area contributed by atoms with Gasteiger partial charge in [-0.15, -0.1) is 11.3 Å². The minimum Gasteiger partial charge on any atom is -0.467 e. The Kier molecular flexibility index (Phi) is 4.70. The second kappa shape index (κ2) is 7.32. The van der Waals surface area contributed by atoms with E-state index in [1.54, 1.807) is 47.3 Å². The molecule has 3 aromatic heterocycles. The molecule has 0 aliphatic carbocycles. The van der Waals surface area contributed by atoms with Crippen LogP contribution in [0.5, 0.6) is 0 Å². The lowest BCUT2D eigenvalue weighted by atomic mass is 10.1. The number of furan rings is 1. The predicted octanol–water partition coefficient (Wildman–Crippen LogP) is 3.72. The number of hydrogen-bond acceptors (Lipinski definition) is 5. The molecule has 1 aromatic carbocycles. The number of anilines is 1. The van der Waals surface area contributed by atoms with Crippen LogP contribution in [0.1, 0.15) is 31.5 Å². The molecule has 2 amide bonds. The third-order valence-corrected chi connectivity index (χ3v) is 5.54. The van der Waals surface area contributed by atoms with E-state index in [0.717, 1.165) is 15.9 Å². The van der Waals surface area contributed by atoms with Crippen LogP contribution in [-0.4, -0.2) is 21.6 Å². The van der Waals surface area contributed by atoms with Gasteiger partial charge in [0.15, 0.2) is 0 Å². The standard InChI is InChI=1S/C20H18N4O3S/c1-12-15-10-17(28-20(15)24(2)23-12)19(26)22-16-8-4-3-7-14(16)18(25)21-11-13-6-5-9-27-13/h3-10H,11H2,1-2H3,(H,21,25)(H,22,26). The van der Waals surface area contributed by atoms with Crippen LogP contribution in [0, 0.1) is 6.92 Å². The number of benzene rings is 1. The van der Waals surface area contributed by atoms with Gasteiger partial charge in [-0.25, -0.2) is 0 Å². The highest BCUT2D eigenvalue weighted by Crippen LogP contribution is 2.28. The number of amides is 2. The highest BCUT2D eigenvalue weighted by atomic mass is 32.1. The fourth-order valence-electron chi connectivity index (χ4n) is 2.97. The lowest BCUT2D eigenvalue weighted by molar-refractivity contribution is 0.0949. The Hall–Kier alpha value is -3.39. The van der Waals surface area contributed by atoms with Crippen LogP contribution in [0.15, 0.2) is 53.1 Å². The van der Waals surface area contributed by atoms with Gasteiger partial charge in [0.05, 0.1) is 34.6 Å². The summed E-state index contributed by atoms with van der Waals surface area (Å²) >= 11 is 1.37. The molecule has 142 valence electrons. The Labute approximate surface area is 165 Å². The molecule has 3 heterocycles. The van der Waals surface area contributed by atoms with Gasteiger partial charge in [-0.05, 0) is 37.3 Å². The number of nitrogens with zero attached hydrogens (tertiary/aromatic N) is 2. The summed E-state index contributed by atoms with van der Waals surface area (Å²) in [5.41, 5.74) is 1.73. The normalized spacial score (nSPS) is 10.9. The molecule has 0 aliphatic rings. The fourth-order valence-corrected chi connectivity index (χ4v) is 3.99. The maximum atomic E-state index is 12.7. The topological polar surface area (TPSA) is 89.2 Å². The van der Waals surface area contributed by atoms with Crippen molar-refractivity contribution >= 4 is 39.1 Å². The molecule has 4 rings (SSSR count). The van der Waals surface area contributed by atoms with Gasteiger partial charge in [0, 0.05) is 12.4 Å². The summed E-state index contributed by atoms with van der Waals surface area (Å²) in [6.45, 7) is 2.19. The quantitative estimate of drug-likeness (QED) is 0.540. The van der Waals surface area contributed by atoms with E-state index in [9.17, 15) is 9.59 Å². The number of aryl methyl sites for hydroxylation is 2. The molecule has 0 radical (unpaired) electrons. The molecule has 0 aliphatic heterocycles. The summed E-state index contributed by atoms with van der Waals surface area (Å²) in [5.74, 6) is 0.111. The molecular weight excluding hydrogens is 376 g/mol. The van der Waals surface area contributed by atoms with Crippen molar-refractivity contribution in [1.29, 1.82) is 0 Å². The predicted molar refractivity (Wildman–Crippen MR) is 108 cm³/mol. The second-order valence-electron chi connectivity index (χ2n) is 6.30. The first-order valence-corrected chi connectivity index (χ1v) is 9.48. The fraction of sp³-hybridized carbons (Fsp3) is 0.150. The van der Waals surface area contributed by atoms with Gasteiger partial charge in [0.1, 0.15) is 10.6 Å². The first-order chi connectivity index (χ1) is 13.5. The summed E-state index contributed by atoms with van der Waals surface area (Å²) in [6.07, 6.45) is 1.55. The highest BCUT2D eigenvalue weighted by molar-refractivity contribution is 7.20. The average Bonchev–Trinajstić information content (AvgIpc) is 3.40. The van der Waals surface area contributed by atoms with Gasteiger partial charge in [-0.3, -0.25) is 14.3 Å². The van der Waals surface area contributed by atoms with Crippen LogP contribution < -0.4 is 10.6 Å². The maximum Gasteiger partial charge on any atom is 0.265 e. The van der Waals surface area contributed by atoms with Crippen molar-refractivity contribution < 1.29 is 14.0 Å². The molecule has 0 bridgehead atoms. The first-order valence-electron chi connectivity index (χ1n) is 8.67. The number of fused-ring (bicyclic) bond motifs is 1. The van der Waals surface area contributed by atoms with Crippen molar-refractivity contribution in [2.75, 3.05) is 5.32 Å². The zero-order valence-corrected chi connectivity index (χ0v) is 16.2. The Morgan fingerprint density at radius 3 is 2.75 bits per heavy atom. The van der Waals surface area contributed by atoms with Crippen LogP contribution >= 0.6 is 11.3 Å². The molecule has 0 unspecified atom stereocenters. The number of carbonyl (C=O) groups is 2. The molecule has 0 saturated heterocycles. The van der Waals surface area contributed by atoms with Gasteiger partial charge < -0.3 is 15.1 Å². The Balaban J connectivity index is 1.53. The van der Waals surface area contributed by atoms with Gasteiger partial charge >= 0.3 is 0 Å². The molecule has 28 heavy (non-hydrogen) atoms. The van der Waals surface area contributed by atoms with Crippen LogP contribution in [0.2, 0.25) is 0 Å². The Morgan fingerprint density at radius 1 is 1.18 bits per heavy atom. The molecule has 7 nitrogen and oxygen atoms in total. The number of rotatable bonds is 5. The molecule has 8 heteroatoms. The van der Waals surface area contributed by atoms with Crippen molar-refractivity contribution in [2.24, 2.45) is 7.05 Å². The molecular formula is C20H18N4O3S. The van der Waals surface area contributed by atoms with Crippen LogP contribution in [0.4, 0.5) is 5.69 Å². The van der Waals surface area contributed by atoms with Crippen molar-refractivity contribution in [3.63, 3.8) is 0 Å². The monoisotopic (exact) mass is 394 g/mol. The van der Waals surface area contributed by atoms with Gasteiger partial charge in [0.25, 0.3) is 11.8 Å². The molecule has 4 aromatic rings. The molecule has 0 fully saturated rings. The zero-order valence-electron chi connectivity index (χ0n) is 15.4. The zero-order chi connectivity index (χ0) is 19.7. The van der Waals surface area contributed by atoms with E-state index in [2.05, 4.69) is 15.7 Å². The van der Waals surface area contributed by atoms with E-state index in [-0.39, 0.29) is 18.4 Å². The van der Waals surface area contributed by atoms with E-state index in [1.165, 1.54) is 11.3 Å².